The van der Waals surface area contributed by atoms with Gasteiger partial charge >= 0.3 is 6.18 Å². The van der Waals surface area contributed by atoms with Gasteiger partial charge in [-0.25, -0.2) is 4.68 Å². The van der Waals surface area contributed by atoms with Gasteiger partial charge in [-0.3, -0.25) is 4.79 Å². The highest BCUT2D eigenvalue weighted by Crippen LogP contribution is 2.19. The standard InChI is InChI=1S/C9H9F3N6O/c1-5-13-15-7(17(5)2)4-18-3-6(14-16-18)8(19)9(10,11)12/h3H,4H2,1-2H3. The second-order valence-electron chi connectivity index (χ2n) is 3.85. The van der Waals surface area contributed by atoms with Gasteiger partial charge in [0, 0.05) is 7.05 Å². The van der Waals surface area contributed by atoms with Crippen molar-refractivity contribution in [3.8, 4) is 0 Å². The van der Waals surface area contributed by atoms with E-state index in [1.807, 2.05) is 0 Å². The number of carbonyl (C=O) groups excluding carboxylic acids is 1. The Kier molecular flexibility index (Phi) is 3.08. The molecule has 19 heavy (non-hydrogen) atoms. The quantitative estimate of drug-likeness (QED) is 0.762. The van der Waals surface area contributed by atoms with E-state index in [2.05, 4.69) is 20.5 Å². The molecule has 0 fully saturated rings. The molecule has 0 aliphatic carbocycles. The van der Waals surface area contributed by atoms with Crippen molar-refractivity contribution in [1.82, 2.24) is 29.8 Å². The molecule has 102 valence electrons. The molecular formula is C9H9F3N6O. The van der Waals surface area contributed by atoms with Crippen molar-refractivity contribution in [2.75, 3.05) is 0 Å². The number of carbonyl (C=O) groups is 1. The number of alkyl halides is 3. The van der Waals surface area contributed by atoms with E-state index in [9.17, 15) is 18.0 Å². The molecule has 10 heteroatoms. The highest BCUT2D eigenvalue weighted by atomic mass is 19.4. The van der Waals surface area contributed by atoms with Crippen LogP contribution in [0.2, 0.25) is 0 Å². The Morgan fingerprint density at radius 1 is 1.32 bits per heavy atom. The van der Waals surface area contributed by atoms with E-state index in [1.165, 1.54) is 0 Å². The molecule has 0 amide bonds. The Hall–Kier alpha value is -2.26. The van der Waals surface area contributed by atoms with E-state index < -0.39 is 17.7 Å². The zero-order chi connectivity index (χ0) is 14.2. The number of rotatable bonds is 3. The normalized spacial score (nSPS) is 11.8. The lowest BCUT2D eigenvalue weighted by Crippen LogP contribution is -2.23. The Morgan fingerprint density at radius 2 is 2.00 bits per heavy atom. The number of nitrogens with zero attached hydrogens (tertiary/aromatic N) is 6. The zero-order valence-corrected chi connectivity index (χ0v) is 10.0. The second-order valence-corrected chi connectivity index (χ2v) is 3.85. The molecule has 7 nitrogen and oxygen atoms in total. The van der Waals surface area contributed by atoms with Gasteiger partial charge in [-0.15, -0.1) is 15.3 Å². The first-order valence-electron chi connectivity index (χ1n) is 5.15. The minimum absolute atomic E-state index is 0.0788. The van der Waals surface area contributed by atoms with Crippen molar-refractivity contribution in [1.29, 1.82) is 0 Å². The molecule has 0 radical (unpaired) electrons. The van der Waals surface area contributed by atoms with Crippen molar-refractivity contribution in [2.45, 2.75) is 19.6 Å². The van der Waals surface area contributed by atoms with Gasteiger partial charge < -0.3 is 4.57 Å². The molecule has 2 aromatic rings. The van der Waals surface area contributed by atoms with Crippen molar-refractivity contribution in [3.05, 3.63) is 23.5 Å². The maximum absolute atomic E-state index is 12.2. The van der Waals surface area contributed by atoms with Crippen LogP contribution < -0.4 is 0 Å². The third-order valence-electron chi connectivity index (χ3n) is 2.51. The van der Waals surface area contributed by atoms with Crippen LogP contribution in [0.5, 0.6) is 0 Å². The number of aromatic nitrogens is 6. The first-order valence-corrected chi connectivity index (χ1v) is 5.15. The van der Waals surface area contributed by atoms with Crippen molar-refractivity contribution >= 4 is 5.78 Å². The molecule has 2 heterocycles. The molecule has 0 aliphatic heterocycles. The Balaban J connectivity index is 2.18. The fourth-order valence-corrected chi connectivity index (χ4v) is 1.36. The topological polar surface area (TPSA) is 78.5 Å². The predicted octanol–water partition coefficient (Wildman–Crippen LogP) is 0.508. The maximum atomic E-state index is 12.2. The maximum Gasteiger partial charge on any atom is 0.456 e. The summed E-state index contributed by atoms with van der Waals surface area (Å²) in [7, 11) is 1.71. The average Bonchev–Trinajstić information content (AvgIpc) is 2.89. The Bertz CT molecular complexity index is 614. The minimum atomic E-state index is -4.96. The van der Waals surface area contributed by atoms with E-state index in [0.717, 1.165) is 10.9 Å². The largest absolute Gasteiger partial charge is 0.456 e. The summed E-state index contributed by atoms with van der Waals surface area (Å²) in [4.78, 5) is 10.9. The summed E-state index contributed by atoms with van der Waals surface area (Å²) in [6.07, 6.45) is -4.03. The summed E-state index contributed by atoms with van der Waals surface area (Å²) in [6.45, 7) is 1.81. The summed E-state index contributed by atoms with van der Waals surface area (Å²) in [6, 6.07) is 0. The Labute approximate surface area is 105 Å². The third-order valence-corrected chi connectivity index (χ3v) is 2.51. The number of hydrogen-bond donors (Lipinski definition) is 0. The minimum Gasteiger partial charge on any atom is -0.317 e. The molecule has 2 rings (SSSR count). The SMILES string of the molecule is Cc1nnc(Cn2cc(C(=O)C(F)(F)F)nn2)n1C. The third kappa shape index (κ3) is 2.61. The predicted molar refractivity (Wildman–Crippen MR) is 55.2 cm³/mol. The second kappa shape index (κ2) is 4.44. The summed E-state index contributed by atoms with van der Waals surface area (Å²) in [5.74, 6) is -0.872. The number of Topliss-reactive ketones (excluding diaryl/α,β-unsaturated/α-hetero) is 1. The van der Waals surface area contributed by atoms with Crippen molar-refractivity contribution < 1.29 is 18.0 Å². The van der Waals surface area contributed by atoms with Gasteiger partial charge in [0.1, 0.15) is 12.4 Å². The summed E-state index contributed by atoms with van der Waals surface area (Å²) >= 11 is 0. The molecule has 0 bridgehead atoms. The van der Waals surface area contributed by atoms with Crippen molar-refractivity contribution in [3.63, 3.8) is 0 Å². The number of halogens is 3. The molecule has 0 unspecified atom stereocenters. The smallest absolute Gasteiger partial charge is 0.317 e. The van der Waals surface area contributed by atoms with E-state index in [4.69, 9.17) is 0 Å². The fourth-order valence-electron chi connectivity index (χ4n) is 1.36. The molecule has 2 aromatic heterocycles. The molecule has 0 saturated carbocycles. The van der Waals surface area contributed by atoms with Crippen LogP contribution in [0.3, 0.4) is 0 Å². The fraction of sp³-hybridized carbons (Fsp3) is 0.444. The van der Waals surface area contributed by atoms with Crippen LogP contribution in [-0.2, 0) is 13.6 Å². The zero-order valence-electron chi connectivity index (χ0n) is 10.0. The lowest BCUT2D eigenvalue weighted by Gasteiger charge is -2.01. The molecule has 0 atom stereocenters. The Morgan fingerprint density at radius 3 is 2.53 bits per heavy atom. The summed E-state index contributed by atoms with van der Waals surface area (Å²) < 4.78 is 39.3. The van der Waals surface area contributed by atoms with Gasteiger partial charge in [0.2, 0.25) is 0 Å². The highest BCUT2D eigenvalue weighted by molar-refractivity contribution is 5.98. The van der Waals surface area contributed by atoms with Gasteiger partial charge in [0.25, 0.3) is 5.78 Å². The summed E-state index contributed by atoms with van der Waals surface area (Å²) in [5, 5.41) is 14.3. The van der Waals surface area contributed by atoms with E-state index >= 15 is 0 Å². The van der Waals surface area contributed by atoms with Crippen LogP contribution in [-0.4, -0.2) is 41.7 Å². The van der Waals surface area contributed by atoms with Crippen LogP contribution >= 0.6 is 0 Å². The van der Waals surface area contributed by atoms with Gasteiger partial charge in [-0.05, 0) is 6.92 Å². The first kappa shape index (κ1) is 13.2. The number of aryl methyl sites for hydroxylation is 1. The molecule has 0 saturated heterocycles. The number of hydrogen-bond acceptors (Lipinski definition) is 5. The molecule has 0 aromatic carbocycles. The first-order chi connectivity index (χ1) is 8.79. The van der Waals surface area contributed by atoms with Crippen LogP contribution in [0, 0.1) is 6.92 Å². The highest BCUT2D eigenvalue weighted by Gasteiger charge is 2.41. The molecule has 0 spiro atoms. The van der Waals surface area contributed by atoms with Crippen LogP contribution in [0.25, 0.3) is 0 Å². The van der Waals surface area contributed by atoms with Crippen LogP contribution in [0.1, 0.15) is 22.1 Å². The molecular weight excluding hydrogens is 265 g/mol. The van der Waals surface area contributed by atoms with Gasteiger partial charge in [0.15, 0.2) is 11.5 Å². The van der Waals surface area contributed by atoms with Gasteiger partial charge in [-0.2, -0.15) is 13.2 Å². The van der Waals surface area contributed by atoms with Crippen molar-refractivity contribution in [2.24, 2.45) is 7.05 Å². The van der Waals surface area contributed by atoms with E-state index in [-0.39, 0.29) is 6.54 Å². The van der Waals surface area contributed by atoms with E-state index in [0.29, 0.717) is 11.6 Å². The van der Waals surface area contributed by atoms with Crippen LogP contribution in [0.15, 0.2) is 6.20 Å². The molecule has 0 aliphatic rings. The monoisotopic (exact) mass is 274 g/mol. The van der Waals surface area contributed by atoms with Crippen LogP contribution in [0.4, 0.5) is 13.2 Å². The van der Waals surface area contributed by atoms with E-state index in [1.54, 1.807) is 18.5 Å². The van der Waals surface area contributed by atoms with Gasteiger partial charge in [0.05, 0.1) is 6.20 Å². The summed E-state index contributed by atoms with van der Waals surface area (Å²) in [5.41, 5.74) is -0.744. The lowest BCUT2D eigenvalue weighted by atomic mass is 10.3. The van der Waals surface area contributed by atoms with Gasteiger partial charge in [-0.1, -0.05) is 5.21 Å². The molecule has 0 N–H and O–H groups in total. The lowest BCUT2D eigenvalue weighted by molar-refractivity contribution is -0.0888. The average molecular weight is 274 g/mol. The number of ketones is 1.